The highest BCUT2D eigenvalue weighted by Gasteiger charge is 2.24. The average Bonchev–Trinajstić information content (AvgIpc) is 2.38. The number of morpholine rings is 1. The van der Waals surface area contributed by atoms with Crippen LogP contribution in [0.15, 0.2) is 18.2 Å². The van der Waals surface area contributed by atoms with Gasteiger partial charge in [0.15, 0.2) is 0 Å². The van der Waals surface area contributed by atoms with Gasteiger partial charge in [-0.2, -0.15) is 0 Å². The number of ether oxygens (including phenoxy) is 1. The van der Waals surface area contributed by atoms with Gasteiger partial charge in [0.1, 0.15) is 5.75 Å². The predicted octanol–water partition coefficient (Wildman–Crippen LogP) is 0.500. The summed E-state index contributed by atoms with van der Waals surface area (Å²) in [6, 6.07) is 4.77. The van der Waals surface area contributed by atoms with Gasteiger partial charge < -0.3 is 20.5 Å². The second-order valence-corrected chi connectivity index (χ2v) is 4.48. The standard InChI is InChI=1S/C13H18N2O3/c1-9-6-10(16)2-3-12(9)13(17)15-4-5-18-11(7-14)8-15/h2-3,6,11,16H,4-5,7-8,14H2,1H3. The van der Waals surface area contributed by atoms with Crippen LogP contribution in [0.5, 0.6) is 5.75 Å². The van der Waals surface area contributed by atoms with Gasteiger partial charge in [-0.25, -0.2) is 0 Å². The Morgan fingerprint density at radius 1 is 1.61 bits per heavy atom. The molecule has 98 valence electrons. The third-order valence-electron chi connectivity index (χ3n) is 3.13. The summed E-state index contributed by atoms with van der Waals surface area (Å²) in [7, 11) is 0. The number of hydrogen-bond acceptors (Lipinski definition) is 4. The van der Waals surface area contributed by atoms with Gasteiger partial charge in [0.25, 0.3) is 5.91 Å². The van der Waals surface area contributed by atoms with Gasteiger partial charge in [0.2, 0.25) is 0 Å². The quantitative estimate of drug-likeness (QED) is 0.801. The van der Waals surface area contributed by atoms with Gasteiger partial charge in [-0.05, 0) is 30.7 Å². The maximum atomic E-state index is 12.3. The van der Waals surface area contributed by atoms with Gasteiger partial charge in [0, 0.05) is 25.2 Å². The Balaban J connectivity index is 2.15. The Morgan fingerprint density at radius 2 is 2.39 bits per heavy atom. The monoisotopic (exact) mass is 250 g/mol. The highest BCUT2D eigenvalue weighted by Crippen LogP contribution is 2.18. The van der Waals surface area contributed by atoms with Crippen molar-refractivity contribution in [2.24, 2.45) is 5.73 Å². The number of aromatic hydroxyl groups is 1. The summed E-state index contributed by atoms with van der Waals surface area (Å²) in [6.45, 7) is 3.85. The SMILES string of the molecule is Cc1cc(O)ccc1C(=O)N1CCOC(CN)C1. The van der Waals surface area contributed by atoms with Crippen molar-refractivity contribution in [2.75, 3.05) is 26.2 Å². The molecule has 0 radical (unpaired) electrons. The molecule has 18 heavy (non-hydrogen) atoms. The van der Waals surface area contributed by atoms with Crippen LogP contribution < -0.4 is 5.73 Å². The van der Waals surface area contributed by atoms with Crippen LogP contribution in [0.1, 0.15) is 15.9 Å². The molecule has 1 aromatic carbocycles. The largest absolute Gasteiger partial charge is 0.508 e. The molecule has 1 unspecified atom stereocenters. The van der Waals surface area contributed by atoms with Crippen molar-refractivity contribution in [3.63, 3.8) is 0 Å². The van der Waals surface area contributed by atoms with Crippen LogP contribution in [-0.2, 0) is 4.74 Å². The molecule has 5 nitrogen and oxygen atoms in total. The molecule has 1 aromatic rings. The van der Waals surface area contributed by atoms with E-state index in [0.29, 0.717) is 31.8 Å². The lowest BCUT2D eigenvalue weighted by Gasteiger charge is -2.32. The lowest BCUT2D eigenvalue weighted by atomic mass is 10.1. The van der Waals surface area contributed by atoms with Crippen LogP contribution in [0.4, 0.5) is 0 Å². The van der Waals surface area contributed by atoms with Crippen LogP contribution in [0.2, 0.25) is 0 Å². The van der Waals surface area contributed by atoms with Gasteiger partial charge >= 0.3 is 0 Å². The summed E-state index contributed by atoms with van der Waals surface area (Å²) in [5, 5.41) is 9.35. The summed E-state index contributed by atoms with van der Waals surface area (Å²) in [4.78, 5) is 14.1. The minimum atomic E-state index is -0.0832. The maximum Gasteiger partial charge on any atom is 0.254 e. The molecule has 3 N–H and O–H groups in total. The average molecular weight is 250 g/mol. The minimum absolute atomic E-state index is 0.0331. The molecule has 5 heteroatoms. The fraction of sp³-hybridized carbons (Fsp3) is 0.462. The number of carbonyl (C=O) groups is 1. The summed E-state index contributed by atoms with van der Waals surface area (Å²) >= 11 is 0. The number of benzene rings is 1. The zero-order valence-corrected chi connectivity index (χ0v) is 10.4. The van der Waals surface area contributed by atoms with E-state index in [0.717, 1.165) is 5.56 Å². The van der Waals surface area contributed by atoms with Gasteiger partial charge in [0.05, 0.1) is 12.7 Å². The van der Waals surface area contributed by atoms with Crippen LogP contribution in [0, 0.1) is 6.92 Å². The molecule has 0 aliphatic carbocycles. The molecule has 1 atom stereocenters. The normalized spacial score (nSPS) is 19.9. The van der Waals surface area contributed by atoms with E-state index in [1.807, 2.05) is 6.92 Å². The number of hydrogen-bond donors (Lipinski definition) is 2. The van der Waals surface area contributed by atoms with Crippen molar-refractivity contribution < 1.29 is 14.6 Å². The van der Waals surface area contributed by atoms with E-state index in [-0.39, 0.29) is 17.8 Å². The number of rotatable bonds is 2. The van der Waals surface area contributed by atoms with Crippen molar-refractivity contribution in [3.05, 3.63) is 29.3 Å². The van der Waals surface area contributed by atoms with E-state index in [9.17, 15) is 9.90 Å². The molecule has 1 aliphatic rings. The zero-order chi connectivity index (χ0) is 13.1. The van der Waals surface area contributed by atoms with Crippen molar-refractivity contribution in [3.8, 4) is 5.75 Å². The highest BCUT2D eigenvalue weighted by molar-refractivity contribution is 5.95. The molecule has 0 spiro atoms. The molecule has 1 aliphatic heterocycles. The summed E-state index contributed by atoms with van der Waals surface area (Å²) < 4.78 is 5.43. The molecule has 1 heterocycles. The van der Waals surface area contributed by atoms with E-state index in [4.69, 9.17) is 10.5 Å². The Labute approximate surface area is 106 Å². The Morgan fingerprint density at radius 3 is 3.06 bits per heavy atom. The molecule has 2 rings (SSSR count). The molecule has 1 saturated heterocycles. The first-order chi connectivity index (χ1) is 8.61. The van der Waals surface area contributed by atoms with Gasteiger partial charge in [-0.15, -0.1) is 0 Å². The number of nitrogens with two attached hydrogens (primary N) is 1. The number of phenolic OH excluding ortho intramolecular Hbond substituents is 1. The first kappa shape index (κ1) is 12.9. The number of phenols is 1. The highest BCUT2D eigenvalue weighted by atomic mass is 16.5. The molecule has 1 amide bonds. The van der Waals surface area contributed by atoms with Gasteiger partial charge in [-0.3, -0.25) is 4.79 Å². The topological polar surface area (TPSA) is 75.8 Å². The summed E-state index contributed by atoms with van der Waals surface area (Å²) in [5.74, 6) is 0.139. The van der Waals surface area contributed by atoms with Crippen LogP contribution in [0.25, 0.3) is 0 Å². The van der Waals surface area contributed by atoms with Crippen molar-refractivity contribution in [2.45, 2.75) is 13.0 Å². The van der Waals surface area contributed by atoms with E-state index in [2.05, 4.69) is 0 Å². The van der Waals surface area contributed by atoms with E-state index in [1.54, 1.807) is 17.0 Å². The fourth-order valence-electron chi connectivity index (χ4n) is 2.10. The number of nitrogens with zero attached hydrogens (tertiary/aromatic N) is 1. The lowest BCUT2D eigenvalue weighted by Crippen LogP contribution is -2.48. The molecular formula is C13H18N2O3. The van der Waals surface area contributed by atoms with Crippen LogP contribution in [-0.4, -0.2) is 48.3 Å². The van der Waals surface area contributed by atoms with Crippen LogP contribution >= 0.6 is 0 Å². The lowest BCUT2D eigenvalue weighted by molar-refractivity contribution is -0.0167. The molecule has 0 saturated carbocycles. The smallest absolute Gasteiger partial charge is 0.254 e. The fourth-order valence-corrected chi connectivity index (χ4v) is 2.10. The number of aryl methyl sites for hydroxylation is 1. The minimum Gasteiger partial charge on any atom is -0.508 e. The summed E-state index contributed by atoms with van der Waals surface area (Å²) in [6.07, 6.45) is -0.0832. The molecule has 1 fully saturated rings. The maximum absolute atomic E-state index is 12.3. The Bertz CT molecular complexity index is 448. The molecular weight excluding hydrogens is 232 g/mol. The van der Waals surface area contributed by atoms with Crippen molar-refractivity contribution in [1.29, 1.82) is 0 Å². The van der Waals surface area contributed by atoms with E-state index >= 15 is 0 Å². The zero-order valence-electron chi connectivity index (χ0n) is 10.4. The second kappa shape index (κ2) is 5.37. The van der Waals surface area contributed by atoms with E-state index in [1.165, 1.54) is 6.07 Å². The first-order valence-electron chi connectivity index (χ1n) is 6.02. The third-order valence-corrected chi connectivity index (χ3v) is 3.13. The third kappa shape index (κ3) is 2.63. The van der Waals surface area contributed by atoms with E-state index < -0.39 is 0 Å². The van der Waals surface area contributed by atoms with Crippen LogP contribution in [0.3, 0.4) is 0 Å². The molecule has 0 bridgehead atoms. The van der Waals surface area contributed by atoms with Crippen molar-refractivity contribution in [1.82, 2.24) is 4.90 Å². The van der Waals surface area contributed by atoms with Gasteiger partial charge in [-0.1, -0.05) is 0 Å². The second-order valence-electron chi connectivity index (χ2n) is 4.48. The van der Waals surface area contributed by atoms with Crippen molar-refractivity contribution >= 4 is 5.91 Å². The number of amides is 1. The predicted molar refractivity (Wildman–Crippen MR) is 67.5 cm³/mol. The number of carbonyl (C=O) groups excluding carboxylic acids is 1. The Kier molecular flexibility index (Phi) is 3.84. The Hall–Kier alpha value is -1.59. The molecule has 0 aromatic heterocycles. The summed E-state index contributed by atoms with van der Waals surface area (Å²) in [5.41, 5.74) is 6.95. The first-order valence-corrected chi connectivity index (χ1v) is 6.02.